The van der Waals surface area contributed by atoms with Crippen LogP contribution in [-0.2, 0) is 23.2 Å². The predicted octanol–water partition coefficient (Wildman–Crippen LogP) is 4.88. The second kappa shape index (κ2) is 13.9. The third-order valence-corrected chi connectivity index (χ3v) is 12.5. The number of carboxylic acid groups (broad SMARTS) is 1. The van der Waals surface area contributed by atoms with Gasteiger partial charge in [-0.25, -0.2) is 23.9 Å². The fraction of sp³-hybridized carbons (Fsp3) is 0.326. The van der Waals surface area contributed by atoms with Crippen molar-refractivity contribution < 1.29 is 28.8 Å². The van der Waals surface area contributed by atoms with Crippen LogP contribution in [0.5, 0.6) is 0 Å². The molecule has 3 fully saturated rings. The number of H-pyrrole nitrogens is 1. The maximum atomic E-state index is 15.0. The van der Waals surface area contributed by atoms with Crippen molar-refractivity contribution in [1.82, 2.24) is 29.2 Å². The number of benzene rings is 3. The van der Waals surface area contributed by atoms with Crippen LogP contribution in [0.15, 0.2) is 93.0 Å². The minimum atomic E-state index is -1.24. The van der Waals surface area contributed by atoms with Gasteiger partial charge in [0.25, 0.3) is 11.5 Å². The fourth-order valence-corrected chi connectivity index (χ4v) is 9.31. The van der Waals surface area contributed by atoms with Crippen LogP contribution in [-0.4, -0.2) is 85.0 Å². The topological polar surface area (TPSA) is 189 Å². The van der Waals surface area contributed by atoms with Crippen molar-refractivity contribution in [3.63, 3.8) is 0 Å². The van der Waals surface area contributed by atoms with E-state index in [9.17, 15) is 24.3 Å². The Morgan fingerprint density at radius 1 is 0.915 bits per heavy atom. The molecule has 3 aromatic carbocycles. The molecular formula is C43H40N8O8. The second-order valence-corrected chi connectivity index (χ2v) is 15.7. The number of fused-ring (bicyclic) bond motifs is 2. The number of rotatable bonds is 8. The van der Waals surface area contributed by atoms with Crippen LogP contribution in [0.2, 0.25) is 0 Å². The number of anilines is 2. The van der Waals surface area contributed by atoms with Gasteiger partial charge in [-0.15, -0.1) is 0 Å². The van der Waals surface area contributed by atoms with Gasteiger partial charge in [0, 0.05) is 55.0 Å². The first-order valence-electron chi connectivity index (χ1n) is 19.8. The standard InChI is InChI=1S/C43H40N8O8/c1-25-23-43(25,39-45-41(56)59-46-39)51-33-12-11-27(26-14-19-58-20-15-26)21-28(33)22-35(51)37(53)47-16-13-30-32(24-47)44-40(49-18-17-48(42(49)57)29-7-3-2-4-8-29)50(36(30)52)34-10-6-5-9-31(34)38(54)55/h2-12,21-22,25-26H,13-20,23-24H2,1H3,(H,54,55)(H,45,46,56). The molecule has 16 nitrogen and oxygen atoms in total. The highest BCUT2D eigenvalue weighted by Gasteiger charge is 2.59. The number of nitrogens with zero attached hydrogens (tertiary/aromatic N) is 7. The summed E-state index contributed by atoms with van der Waals surface area (Å²) in [4.78, 5) is 80.8. The first-order valence-corrected chi connectivity index (χ1v) is 19.8. The maximum Gasteiger partial charge on any atom is 0.438 e. The predicted molar refractivity (Wildman–Crippen MR) is 214 cm³/mol. The van der Waals surface area contributed by atoms with Gasteiger partial charge in [-0.1, -0.05) is 48.5 Å². The Hall–Kier alpha value is -6.81. The van der Waals surface area contributed by atoms with Crippen molar-refractivity contribution in [2.24, 2.45) is 5.92 Å². The van der Waals surface area contributed by atoms with Crippen LogP contribution < -0.4 is 21.1 Å². The number of hydrogen-bond donors (Lipinski definition) is 2. The highest BCUT2D eigenvalue weighted by Crippen LogP contribution is 2.56. The third kappa shape index (κ3) is 5.88. The normalized spacial score (nSPS) is 20.7. The average Bonchev–Trinajstić information content (AvgIpc) is 3.58. The number of carboxylic acids is 1. The number of aromatic carboxylic acids is 1. The van der Waals surface area contributed by atoms with Crippen LogP contribution in [0.3, 0.4) is 0 Å². The molecule has 2 atom stereocenters. The molecule has 0 spiro atoms. The molecule has 6 heterocycles. The van der Waals surface area contributed by atoms with E-state index in [0.29, 0.717) is 60.6 Å². The van der Waals surface area contributed by atoms with Crippen molar-refractivity contribution >= 4 is 40.4 Å². The Kier molecular flexibility index (Phi) is 8.63. The molecule has 0 radical (unpaired) electrons. The molecule has 4 aliphatic rings. The van der Waals surface area contributed by atoms with Crippen LogP contribution in [0.1, 0.15) is 75.6 Å². The van der Waals surface area contributed by atoms with Crippen molar-refractivity contribution in [1.29, 1.82) is 0 Å². The zero-order valence-electron chi connectivity index (χ0n) is 32.2. The fourth-order valence-electron chi connectivity index (χ4n) is 9.31. The van der Waals surface area contributed by atoms with Gasteiger partial charge >= 0.3 is 17.8 Å². The Balaban J connectivity index is 1.07. The number of carbonyl (C=O) groups excluding carboxylic acids is 2. The van der Waals surface area contributed by atoms with Crippen LogP contribution in [0, 0.1) is 5.92 Å². The molecule has 2 N–H and O–H groups in total. The molecule has 2 unspecified atom stereocenters. The number of carbonyl (C=O) groups is 3. The lowest BCUT2D eigenvalue weighted by molar-refractivity contribution is 0.0693. The van der Waals surface area contributed by atoms with E-state index in [1.807, 2.05) is 54.0 Å². The molecule has 3 amide bonds. The highest BCUT2D eigenvalue weighted by molar-refractivity contribution is 6.05. The zero-order valence-corrected chi connectivity index (χ0v) is 32.2. The summed E-state index contributed by atoms with van der Waals surface area (Å²) in [6.07, 6.45) is 2.55. The molecule has 1 aliphatic carbocycles. The minimum absolute atomic E-state index is 0.00692. The summed E-state index contributed by atoms with van der Waals surface area (Å²) in [6.45, 7) is 4.03. The number of amides is 3. The summed E-state index contributed by atoms with van der Waals surface area (Å²) in [7, 11) is 0. The highest BCUT2D eigenvalue weighted by atomic mass is 16.5. The van der Waals surface area contributed by atoms with Gasteiger partial charge < -0.3 is 19.3 Å². The summed E-state index contributed by atoms with van der Waals surface area (Å²) in [5, 5.41) is 15.1. The number of urea groups is 1. The summed E-state index contributed by atoms with van der Waals surface area (Å²) in [5.74, 6) is -1.59. The summed E-state index contributed by atoms with van der Waals surface area (Å²) in [6, 6.07) is 23.0. The van der Waals surface area contributed by atoms with Gasteiger partial charge in [0.15, 0.2) is 5.82 Å². The van der Waals surface area contributed by atoms with Crippen molar-refractivity contribution in [2.75, 3.05) is 42.6 Å². The molecular weight excluding hydrogens is 757 g/mol. The smallest absolute Gasteiger partial charge is 0.438 e. The van der Waals surface area contributed by atoms with E-state index >= 15 is 4.79 Å². The van der Waals surface area contributed by atoms with Crippen LogP contribution in [0.4, 0.5) is 16.4 Å². The first kappa shape index (κ1) is 36.5. The average molecular weight is 797 g/mol. The van der Waals surface area contributed by atoms with Crippen LogP contribution in [0.25, 0.3) is 16.6 Å². The quantitative estimate of drug-likeness (QED) is 0.215. The van der Waals surface area contributed by atoms with Crippen molar-refractivity contribution in [3.05, 3.63) is 134 Å². The number of aromatic nitrogens is 5. The van der Waals surface area contributed by atoms with Crippen LogP contribution >= 0.6 is 0 Å². The van der Waals surface area contributed by atoms with E-state index in [1.165, 1.54) is 21.6 Å². The summed E-state index contributed by atoms with van der Waals surface area (Å²) < 4.78 is 13.8. The third-order valence-electron chi connectivity index (χ3n) is 12.5. The van der Waals surface area contributed by atoms with Gasteiger partial charge in [0.05, 0.1) is 23.5 Å². The molecule has 59 heavy (non-hydrogen) atoms. The van der Waals surface area contributed by atoms with Crippen molar-refractivity contribution in [3.8, 4) is 5.69 Å². The molecule has 3 aliphatic heterocycles. The molecule has 300 valence electrons. The second-order valence-electron chi connectivity index (χ2n) is 15.7. The minimum Gasteiger partial charge on any atom is -0.478 e. The molecule has 0 bridgehead atoms. The van der Waals surface area contributed by atoms with E-state index in [4.69, 9.17) is 14.2 Å². The summed E-state index contributed by atoms with van der Waals surface area (Å²) in [5.41, 5.74) is 2.29. The zero-order chi connectivity index (χ0) is 40.6. The Bertz CT molecular complexity index is 2800. The number of para-hydroxylation sites is 2. The molecule has 3 aromatic heterocycles. The first-order chi connectivity index (χ1) is 28.6. The lowest BCUT2D eigenvalue weighted by Crippen LogP contribution is -2.44. The number of hydrogen-bond acceptors (Lipinski definition) is 9. The van der Waals surface area contributed by atoms with E-state index in [0.717, 1.165) is 29.3 Å². The van der Waals surface area contributed by atoms with Gasteiger partial charge in [-0.2, -0.15) is 0 Å². The van der Waals surface area contributed by atoms with Gasteiger partial charge in [-0.3, -0.25) is 28.9 Å². The SMILES string of the molecule is CC1CC1(c1noc(=O)[nH]1)n1c(C(=O)N2CCc3c(nc(N4CCN(c5ccccc5)C4=O)n(-c4ccccc4C(=O)O)c3=O)C2)cc2cc(C3CCOCC3)ccc21. The van der Waals surface area contributed by atoms with Crippen molar-refractivity contribution in [2.45, 2.75) is 50.6 Å². The molecule has 2 saturated heterocycles. The molecule has 1 saturated carbocycles. The van der Waals surface area contributed by atoms with Gasteiger partial charge in [0.2, 0.25) is 5.95 Å². The lowest BCUT2D eigenvalue weighted by Gasteiger charge is -2.31. The lowest BCUT2D eigenvalue weighted by atomic mass is 9.91. The maximum absolute atomic E-state index is 15.0. The Morgan fingerprint density at radius 2 is 1.66 bits per heavy atom. The monoisotopic (exact) mass is 796 g/mol. The van der Waals surface area contributed by atoms with Gasteiger partial charge in [0.1, 0.15) is 11.2 Å². The van der Waals surface area contributed by atoms with E-state index in [1.54, 1.807) is 21.9 Å². The molecule has 6 aromatic rings. The molecule has 16 heteroatoms. The largest absolute Gasteiger partial charge is 0.478 e. The summed E-state index contributed by atoms with van der Waals surface area (Å²) >= 11 is 0. The van der Waals surface area contributed by atoms with Gasteiger partial charge in [-0.05, 0) is 85.5 Å². The number of nitrogens with one attached hydrogen (secondary N) is 1. The molecule has 10 rings (SSSR count). The van der Waals surface area contributed by atoms with E-state index in [2.05, 4.69) is 22.3 Å². The van der Waals surface area contributed by atoms with E-state index < -0.39 is 28.9 Å². The Labute approximate surface area is 336 Å². The Morgan fingerprint density at radius 3 is 2.39 bits per heavy atom. The van der Waals surface area contributed by atoms with E-state index in [-0.39, 0.29) is 55.1 Å². The number of ether oxygens (including phenoxy) is 1. The number of aromatic amines is 1.